The van der Waals surface area contributed by atoms with Crippen molar-refractivity contribution in [3.63, 3.8) is 0 Å². The molecular formula is C24H28N4O4S. The van der Waals surface area contributed by atoms with E-state index in [9.17, 15) is 13.2 Å². The van der Waals surface area contributed by atoms with Gasteiger partial charge in [0.25, 0.3) is 0 Å². The largest absolute Gasteiger partial charge is 0.424 e. The number of carbonyl (C=O) groups excluding carboxylic acids is 1. The molecule has 0 saturated carbocycles. The molecule has 0 aliphatic carbocycles. The predicted molar refractivity (Wildman–Crippen MR) is 129 cm³/mol. The molecule has 1 atom stereocenters. The van der Waals surface area contributed by atoms with E-state index in [1.807, 2.05) is 37.3 Å². The Hall–Kier alpha value is -3.43. The average molecular weight is 469 g/mol. The number of esters is 1. The summed E-state index contributed by atoms with van der Waals surface area (Å²) in [5, 5.41) is 0. The molecule has 0 spiro atoms. The van der Waals surface area contributed by atoms with E-state index in [2.05, 4.69) is 14.7 Å². The number of nitrogens with zero attached hydrogens (tertiary/aromatic N) is 1. The summed E-state index contributed by atoms with van der Waals surface area (Å²) >= 11 is 0. The van der Waals surface area contributed by atoms with Crippen LogP contribution >= 0.6 is 0 Å². The fourth-order valence-corrected chi connectivity index (χ4v) is 4.37. The van der Waals surface area contributed by atoms with Crippen LogP contribution in [0.2, 0.25) is 0 Å². The summed E-state index contributed by atoms with van der Waals surface area (Å²) < 4.78 is 33.7. The Morgan fingerprint density at radius 1 is 1.15 bits per heavy atom. The van der Waals surface area contributed by atoms with Crippen LogP contribution in [0.3, 0.4) is 0 Å². The number of aromatic nitrogens is 1. The minimum absolute atomic E-state index is 0.0785. The topological polar surface area (TPSA) is 127 Å². The highest BCUT2D eigenvalue weighted by Gasteiger charge is 2.27. The molecule has 0 fully saturated rings. The Kier molecular flexibility index (Phi) is 8.02. The number of carbonyl (C=O) groups is 1. The van der Waals surface area contributed by atoms with E-state index in [1.54, 1.807) is 31.3 Å². The molecule has 3 rings (SSSR count). The summed E-state index contributed by atoms with van der Waals surface area (Å²) in [6.45, 7) is 3.91. The predicted octanol–water partition coefficient (Wildman–Crippen LogP) is 3.40. The lowest BCUT2D eigenvalue weighted by Crippen LogP contribution is -2.43. The molecule has 1 aromatic heterocycles. The normalized spacial score (nSPS) is 13.0. The van der Waals surface area contributed by atoms with Gasteiger partial charge in [-0.1, -0.05) is 48.0 Å². The number of sulfonamides is 1. The maximum atomic E-state index is 12.9. The molecule has 0 amide bonds. The number of aryl methyl sites for hydroxylation is 1. The van der Waals surface area contributed by atoms with Gasteiger partial charge in [-0.15, -0.1) is 0 Å². The zero-order valence-electron chi connectivity index (χ0n) is 18.6. The van der Waals surface area contributed by atoms with Crippen LogP contribution in [0.4, 0.5) is 0 Å². The van der Waals surface area contributed by atoms with Gasteiger partial charge in [0.15, 0.2) is 0 Å². The zero-order chi connectivity index (χ0) is 23.8. The van der Waals surface area contributed by atoms with Crippen molar-refractivity contribution in [3.8, 4) is 17.0 Å². The third-order valence-electron chi connectivity index (χ3n) is 4.89. The van der Waals surface area contributed by atoms with Crippen LogP contribution in [0.25, 0.3) is 11.3 Å². The van der Waals surface area contributed by atoms with Gasteiger partial charge in [0.05, 0.1) is 10.7 Å². The second-order valence-corrected chi connectivity index (χ2v) is 9.40. The number of amidine groups is 1. The lowest BCUT2D eigenvalue weighted by molar-refractivity contribution is -0.136. The molecule has 0 bridgehead atoms. The molecule has 8 nitrogen and oxygen atoms in total. The molecule has 33 heavy (non-hydrogen) atoms. The average Bonchev–Trinajstić information content (AvgIpc) is 3.25. The van der Waals surface area contributed by atoms with Crippen LogP contribution in [0, 0.1) is 6.92 Å². The first kappa shape index (κ1) is 24.2. The van der Waals surface area contributed by atoms with Gasteiger partial charge in [-0.3, -0.25) is 4.99 Å². The summed E-state index contributed by atoms with van der Waals surface area (Å²) in [4.78, 5) is 20.2. The van der Waals surface area contributed by atoms with Crippen LogP contribution in [0.1, 0.15) is 25.3 Å². The molecule has 1 heterocycles. The number of aromatic amines is 1. The van der Waals surface area contributed by atoms with Gasteiger partial charge < -0.3 is 15.5 Å². The molecule has 3 aromatic rings. The van der Waals surface area contributed by atoms with Crippen LogP contribution in [0.15, 0.2) is 76.7 Å². The van der Waals surface area contributed by atoms with E-state index in [-0.39, 0.29) is 11.3 Å². The number of hydrogen-bond acceptors (Lipinski definition) is 5. The van der Waals surface area contributed by atoms with Gasteiger partial charge in [-0.05, 0) is 44.4 Å². The van der Waals surface area contributed by atoms with Crippen LogP contribution in [0.5, 0.6) is 5.75 Å². The van der Waals surface area contributed by atoms with E-state index in [0.717, 1.165) is 16.8 Å². The fourth-order valence-electron chi connectivity index (χ4n) is 3.15. The fraction of sp³-hybridized carbons (Fsp3) is 0.250. The summed E-state index contributed by atoms with van der Waals surface area (Å²) in [5.74, 6) is 0.0297. The van der Waals surface area contributed by atoms with E-state index in [1.165, 1.54) is 12.1 Å². The standard InChI is InChI=1S/C24H28N4O4S/c1-17-10-12-21(13-11-17)33(30,31)28-22(9-6-14-26-18(2)25)24(29)32-20-15-23(27-16-20)19-7-4-3-5-8-19/h3-5,7-8,10-13,15-16,22,27-28H,6,9,14H2,1-2H3,(H2,25,26). The Morgan fingerprint density at radius 2 is 1.85 bits per heavy atom. The lowest BCUT2D eigenvalue weighted by Gasteiger charge is -2.17. The van der Waals surface area contributed by atoms with Crippen molar-refractivity contribution in [1.82, 2.24) is 9.71 Å². The molecule has 174 valence electrons. The zero-order valence-corrected chi connectivity index (χ0v) is 19.4. The second-order valence-electron chi connectivity index (χ2n) is 7.69. The third kappa shape index (κ3) is 7.03. The van der Waals surface area contributed by atoms with Gasteiger partial charge in [-0.25, -0.2) is 13.2 Å². The Morgan fingerprint density at radius 3 is 2.52 bits per heavy atom. The number of ether oxygens (including phenoxy) is 1. The van der Waals surface area contributed by atoms with E-state index < -0.39 is 22.0 Å². The van der Waals surface area contributed by atoms with E-state index >= 15 is 0 Å². The molecule has 0 radical (unpaired) electrons. The summed E-state index contributed by atoms with van der Waals surface area (Å²) in [5.41, 5.74) is 8.20. The first-order valence-corrected chi connectivity index (χ1v) is 12.0. The maximum absolute atomic E-state index is 12.9. The molecule has 0 aliphatic rings. The number of nitrogens with two attached hydrogens (primary N) is 1. The second kappa shape index (κ2) is 10.9. The molecule has 1 unspecified atom stereocenters. The Bertz CT molecular complexity index is 1200. The van der Waals surface area contributed by atoms with Gasteiger partial charge in [0.1, 0.15) is 11.8 Å². The highest BCUT2D eigenvalue weighted by Crippen LogP contribution is 2.23. The van der Waals surface area contributed by atoms with Crippen LogP contribution in [-0.4, -0.2) is 37.8 Å². The summed E-state index contributed by atoms with van der Waals surface area (Å²) in [6.07, 6.45) is 2.22. The van der Waals surface area contributed by atoms with E-state index in [4.69, 9.17) is 10.5 Å². The monoisotopic (exact) mass is 468 g/mol. The highest BCUT2D eigenvalue weighted by atomic mass is 32.2. The van der Waals surface area contributed by atoms with Crippen molar-refractivity contribution in [3.05, 3.63) is 72.4 Å². The number of H-pyrrole nitrogens is 1. The van der Waals surface area contributed by atoms with Crippen molar-refractivity contribution in [2.75, 3.05) is 6.54 Å². The quantitative estimate of drug-likeness (QED) is 0.182. The molecule has 4 N–H and O–H groups in total. The first-order chi connectivity index (χ1) is 15.7. The number of rotatable bonds is 10. The molecular weight excluding hydrogens is 440 g/mol. The number of benzene rings is 2. The lowest BCUT2D eigenvalue weighted by atomic mass is 10.1. The number of nitrogens with one attached hydrogen (secondary N) is 2. The third-order valence-corrected chi connectivity index (χ3v) is 6.37. The SMILES string of the molecule is CC(N)=NCCCC(NS(=O)(=O)c1ccc(C)cc1)C(=O)Oc1c[nH]c(-c2ccccc2)c1. The smallest absolute Gasteiger partial charge is 0.329 e. The summed E-state index contributed by atoms with van der Waals surface area (Å²) in [6, 6.07) is 16.6. The highest BCUT2D eigenvalue weighted by molar-refractivity contribution is 7.89. The van der Waals surface area contributed by atoms with Gasteiger partial charge in [-0.2, -0.15) is 4.72 Å². The summed E-state index contributed by atoms with van der Waals surface area (Å²) in [7, 11) is -3.92. The van der Waals surface area contributed by atoms with Crippen molar-refractivity contribution >= 4 is 21.8 Å². The van der Waals surface area contributed by atoms with Crippen molar-refractivity contribution < 1.29 is 17.9 Å². The molecule has 9 heteroatoms. The Labute approximate surface area is 193 Å². The van der Waals surface area contributed by atoms with Gasteiger partial charge >= 0.3 is 5.97 Å². The molecule has 2 aromatic carbocycles. The number of aliphatic imine (C=N–C) groups is 1. The van der Waals surface area contributed by atoms with Gasteiger partial charge in [0, 0.05) is 24.5 Å². The van der Waals surface area contributed by atoms with Crippen molar-refractivity contribution in [1.29, 1.82) is 0 Å². The molecule has 0 saturated heterocycles. The van der Waals surface area contributed by atoms with Crippen LogP contribution in [-0.2, 0) is 14.8 Å². The molecule has 0 aliphatic heterocycles. The minimum Gasteiger partial charge on any atom is -0.424 e. The van der Waals surface area contributed by atoms with Gasteiger partial charge in [0.2, 0.25) is 10.0 Å². The van der Waals surface area contributed by atoms with Crippen LogP contribution < -0.4 is 15.2 Å². The van der Waals surface area contributed by atoms with Crippen molar-refractivity contribution in [2.45, 2.75) is 37.6 Å². The Balaban J connectivity index is 1.75. The first-order valence-electron chi connectivity index (χ1n) is 10.6. The van der Waals surface area contributed by atoms with Crippen molar-refractivity contribution in [2.24, 2.45) is 10.7 Å². The number of hydrogen-bond donors (Lipinski definition) is 3. The minimum atomic E-state index is -3.92. The maximum Gasteiger partial charge on any atom is 0.329 e. The van der Waals surface area contributed by atoms with E-state index in [0.29, 0.717) is 24.6 Å².